The molecular weight excluding hydrogens is 455 g/mol. The van der Waals surface area contributed by atoms with Gasteiger partial charge in [-0.3, -0.25) is 9.78 Å². The largest absolute Gasteiger partial charge is 0.363 e. The number of nitrogens with zero attached hydrogens (tertiary/aromatic N) is 4. The molecule has 1 atom stereocenters. The molecule has 4 rings (SSSR count). The van der Waals surface area contributed by atoms with Gasteiger partial charge in [0.2, 0.25) is 5.69 Å². The minimum atomic E-state index is -1.86. The number of fused-ring (bicyclic) bond motifs is 1. The molecular formula is C26H24F3N5O. The second-order valence-corrected chi connectivity index (χ2v) is 8.90. The Morgan fingerprint density at radius 1 is 1.20 bits per heavy atom. The fraction of sp³-hybridized carbons (Fsp3) is 0.308. The number of halogens is 3. The fourth-order valence-electron chi connectivity index (χ4n) is 4.20. The molecule has 1 aliphatic heterocycles. The maximum atomic E-state index is 15.2. The predicted molar refractivity (Wildman–Crippen MR) is 127 cm³/mol. The van der Waals surface area contributed by atoms with Crippen LogP contribution in [0, 0.1) is 18.2 Å². The molecule has 1 N–H and O–H groups in total. The van der Waals surface area contributed by atoms with Crippen molar-refractivity contribution in [3.63, 3.8) is 0 Å². The smallest absolute Gasteiger partial charge is 0.254 e. The van der Waals surface area contributed by atoms with Crippen LogP contribution in [-0.2, 0) is 12.2 Å². The van der Waals surface area contributed by atoms with Gasteiger partial charge < -0.3 is 10.2 Å². The lowest BCUT2D eigenvalue weighted by Crippen LogP contribution is -2.22. The van der Waals surface area contributed by atoms with Crippen LogP contribution in [0.1, 0.15) is 60.8 Å². The topological polar surface area (TPSA) is 62.5 Å². The summed E-state index contributed by atoms with van der Waals surface area (Å²) in [6, 6.07) is 4.35. The molecule has 35 heavy (non-hydrogen) atoms. The molecule has 3 aromatic rings. The molecule has 0 radical (unpaired) electrons. The van der Waals surface area contributed by atoms with Crippen LogP contribution < -0.4 is 5.32 Å². The summed E-state index contributed by atoms with van der Waals surface area (Å²) >= 11 is 0. The maximum absolute atomic E-state index is 15.2. The molecule has 180 valence electrons. The Kier molecular flexibility index (Phi) is 6.24. The van der Waals surface area contributed by atoms with Crippen molar-refractivity contribution < 1.29 is 18.0 Å². The minimum absolute atomic E-state index is 0.0135. The number of alkyl halides is 1. The van der Waals surface area contributed by atoms with Crippen molar-refractivity contribution in [2.75, 3.05) is 11.9 Å². The number of anilines is 1. The molecule has 1 amide bonds. The minimum Gasteiger partial charge on any atom is -0.363 e. The van der Waals surface area contributed by atoms with Crippen molar-refractivity contribution in [3.8, 4) is 11.3 Å². The number of hydrogen-bond donors (Lipinski definition) is 1. The molecule has 0 spiro atoms. The van der Waals surface area contributed by atoms with Crippen molar-refractivity contribution in [2.24, 2.45) is 0 Å². The van der Waals surface area contributed by atoms with E-state index in [0.29, 0.717) is 30.0 Å². The Labute approximate surface area is 201 Å². The Balaban J connectivity index is 1.66. The zero-order valence-electron chi connectivity index (χ0n) is 19.8. The van der Waals surface area contributed by atoms with Crippen LogP contribution in [0.2, 0.25) is 0 Å². The third kappa shape index (κ3) is 4.44. The standard InChI is InChI=1S/C26H24F3N5O/c1-6-34-13-18-15(25(34)35)7-8-31-24(18)33-14(2)16-9-21(28)17(10-20(16)27)22-11-19(26(3,4)29)23(30-5)12-32-22/h7-12,14H,6,13H2,1-4H3,(H,31,33)/t14-/m0/s1. The summed E-state index contributed by atoms with van der Waals surface area (Å²) in [5, 5.41) is 3.10. The lowest BCUT2D eigenvalue weighted by Gasteiger charge is -2.20. The number of rotatable bonds is 6. The Morgan fingerprint density at radius 3 is 2.60 bits per heavy atom. The first-order valence-electron chi connectivity index (χ1n) is 11.1. The van der Waals surface area contributed by atoms with Gasteiger partial charge in [0.25, 0.3) is 5.91 Å². The lowest BCUT2D eigenvalue weighted by atomic mass is 9.96. The third-order valence-electron chi connectivity index (χ3n) is 6.13. The van der Waals surface area contributed by atoms with Gasteiger partial charge in [0.15, 0.2) is 0 Å². The lowest BCUT2D eigenvalue weighted by molar-refractivity contribution is 0.0787. The molecule has 0 unspecified atom stereocenters. The highest BCUT2D eigenvalue weighted by Gasteiger charge is 2.30. The second-order valence-electron chi connectivity index (χ2n) is 8.90. The predicted octanol–water partition coefficient (Wildman–Crippen LogP) is 6.33. The SMILES string of the molecule is [C-]#[N+]c1cnc(-c2cc(F)c([C@H](C)Nc3nccc4c3CN(CC)C4=O)cc2F)cc1C(C)(C)F. The molecule has 1 aromatic carbocycles. The number of benzene rings is 1. The molecule has 2 aromatic heterocycles. The summed E-state index contributed by atoms with van der Waals surface area (Å²) in [6.45, 7) is 14.3. The first-order valence-corrected chi connectivity index (χ1v) is 11.1. The summed E-state index contributed by atoms with van der Waals surface area (Å²) in [5.74, 6) is -1.07. The highest BCUT2D eigenvalue weighted by atomic mass is 19.1. The van der Waals surface area contributed by atoms with E-state index in [0.717, 1.165) is 18.3 Å². The number of nitrogens with one attached hydrogen (secondary N) is 1. The van der Waals surface area contributed by atoms with Crippen LogP contribution >= 0.6 is 0 Å². The van der Waals surface area contributed by atoms with Crippen LogP contribution in [0.4, 0.5) is 24.7 Å². The first kappa shape index (κ1) is 24.2. The van der Waals surface area contributed by atoms with E-state index in [1.54, 1.807) is 17.9 Å². The zero-order valence-corrected chi connectivity index (χ0v) is 19.8. The van der Waals surface area contributed by atoms with E-state index in [-0.39, 0.29) is 34.0 Å². The second kappa shape index (κ2) is 9.02. The molecule has 0 saturated carbocycles. The van der Waals surface area contributed by atoms with Crippen LogP contribution in [0.15, 0.2) is 36.7 Å². The van der Waals surface area contributed by atoms with Gasteiger partial charge in [-0.2, -0.15) is 0 Å². The number of pyridine rings is 2. The van der Waals surface area contributed by atoms with Crippen LogP contribution in [0.3, 0.4) is 0 Å². The number of carbonyl (C=O) groups excluding carboxylic acids is 1. The maximum Gasteiger partial charge on any atom is 0.254 e. The molecule has 6 nitrogen and oxygen atoms in total. The highest BCUT2D eigenvalue weighted by molar-refractivity contribution is 5.99. The quantitative estimate of drug-likeness (QED) is 0.420. The van der Waals surface area contributed by atoms with Crippen LogP contribution in [0.25, 0.3) is 16.1 Å². The van der Waals surface area contributed by atoms with E-state index in [9.17, 15) is 9.18 Å². The summed E-state index contributed by atoms with van der Waals surface area (Å²) in [7, 11) is 0. The average molecular weight is 480 g/mol. The Morgan fingerprint density at radius 2 is 1.94 bits per heavy atom. The Bertz CT molecular complexity index is 1360. The summed E-state index contributed by atoms with van der Waals surface area (Å²) in [4.78, 5) is 25.8. The summed E-state index contributed by atoms with van der Waals surface area (Å²) < 4.78 is 44.9. The van der Waals surface area contributed by atoms with Crippen molar-refractivity contribution in [3.05, 3.63) is 82.0 Å². The van der Waals surface area contributed by atoms with Gasteiger partial charge in [-0.25, -0.2) is 23.0 Å². The van der Waals surface area contributed by atoms with Gasteiger partial charge in [0.05, 0.1) is 24.9 Å². The zero-order chi connectivity index (χ0) is 25.5. The molecule has 0 saturated heterocycles. The number of carbonyl (C=O) groups is 1. The van der Waals surface area contributed by atoms with E-state index < -0.39 is 23.3 Å². The van der Waals surface area contributed by atoms with E-state index in [4.69, 9.17) is 6.57 Å². The first-order chi connectivity index (χ1) is 16.5. The van der Waals surface area contributed by atoms with Crippen molar-refractivity contribution in [1.82, 2.24) is 14.9 Å². The van der Waals surface area contributed by atoms with E-state index in [1.807, 2.05) is 6.92 Å². The van der Waals surface area contributed by atoms with Crippen LogP contribution in [-0.4, -0.2) is 27.3 Å². The molecule has 9 heteroatoms. The van der Waals surface area contributed by atoms with Crippen molar-refractivity contribution >= 4 is 17.4 Å². The van der Waals surface area contributed by atoms with Crippen molar-refractivity contribution in [2.45, 2.75) is 46.0 Å². The Hall–Kier alpha value is -3.93. The van der Waals surface area contributed by atoms with E-state index in [2.05, 4.69) is 20.1 Å². The van der Waals surface area contributed by atoms with Gasteiger partial charge in [0.1, 0.15) is 23.1 Å². The molecule has 0 fully saturated rings. The summed E-state index contributed by atoms with van der Waals surface area (Å²) in [5.41, 5.74) is -0.580. The molecule has 0 bridgehead atoms. The van der Waals surface area contributed by atoms with E-state index >= 15 is 8.78 Å². The van der Waals surface area contributed by atoms with Crippen LogP contribution in [0.5, 0.6) is 0 Å². The van der Waals surface area contributed by atoms with Crippen molar-refractivity contribution in [1.29, 1.82) is 0 Å². The van der Waals surface area contributed by atoms with Gasteiger partial charge in [-0.1, -0.05) is 0 Å². The number of amides is 1. The highest BCUT2D eigenvalue weighted by Crippen LogP contribution is 2.37. The van der Waals surface area contributed by atoms with Gasteiger partial charge in [-0.05, 0) is 57.5 Å². The van der Waals surface area contributed by atoms with Gasteiger partial charge in [-0.15, -0.1) is 0 Å². The average Bonchev–Trinajstić information content (AvgIpc) is 3.16. The number of hydrogen-bond acceptors (Lipinski definition) is 4. The fourth-order valence-corrected chi connectivity index (χ4v) is 4.20. The molecule has 3 heterocycles. The van der Waals surface area contributed by atoms with Gasteiger partial charge >= 0.3 is 0 Å². The third-order valence-corrected chi connectivity index (χ3v) is 6.13. The molecule has 0 aliphatic carbocycles. The molecule has 1 aliphatic rings. The monoisotopic (exact) mass is 479 g/mol. The van der Waals surface area contributed by atoms with Gasteiger partial charge in [0, 0.05) is 41.2 Å². The van der Waals surface area contributed by atoms with E-state index in [1.165, 1.54) is 26.1 Å². The normalized spacial score (nSPS) is 14.0. The summed E-state index contributed by atoms with van der Waals surface area (Å²) in [6.07, 6.45) is 2.67. The number of aromatic nitrogens is 2.